The van der Waals surface area contributed by atoms with Gasteiger partial charge in [0.15, 0.2) is 0 Å². The van der Waals surface area contributed by atoms with Gasteiger partial charge >= 0.3 is 11.7 Å². The first-order chi connectivity index (χ1) is 8.47. The van der Waals surface area contributed by atoms with Crippen molar-refractivity contribution >= 4 is 17.5 Å². The summed E-state index contributed by atoms with van der Waals surface area (Å²) in [4.78, 5) is 24.7. The number of methoxy groups -OCH3 is 1. The van der Waals surface area contributed by atoms with Gasteiger partial charge in [0.05, 0.1) is 17.6 Å². The first kappa shape index (κ1) is 13.4. The van der Waals surface area contributed by atoms with E-state index in [1.807, 2.05) is 0 Å². The quantitative estimate of drug-likeness (QED) is 0.359. The van der Waals surface area contributed by atoms with E-state index in [0.29, 0.717) is 11.1 Å². The van der Waals surface area contributed by atoms with Crippen molar-refractivity contribution in [3.63, 3.8) is 0 Å². The number of nitrogens with zero attached hydrogens (tertiary/aromatic N) is 2. The second-order valence-corrected chi connectivity index (χ2v) is 3.34. The maximum Gasteiger partial charge on any atom is 0.317 e. The number of nitrogens with two attached hydrogens (primary N) is 1. The van der Waals surface area contributed by atoms with Crippen LogP contribution in [-0.4, -0.2) is 23.0 Å². The number of rotatable bonds is 2. The summed E-state index contributed by atoms with van der Waals surface area (Å²) in [6.07, 6.45) is 1.25. The lowest BCUT2D eigenvalue weighted by Crippen LogP contribution is -2.02. The molecule has 0 bridgehead atoms. The number of anilines is 1. The van der Waals surface area contributed by atoms with Gasteiger partial charge in [-0.15, -0.1) is 0 Å². The Bertz CT molecular complexity index is 557. The molecule has 2 N–H and O–H groups in total. The highest BCUT2D eigenvalue weighted by Crippen LogP contribution is 2.25. The fourth-order valence-electron chi connectivity index (χ4n) is 1.25. The third kappa shape index (κ3) is 2.95. The van der Waals surface area contributed by atoms with E-state index in [-0.39, 0.29) is 17.9 Å². The summed E-state index contributed by atoms with van der Waals surface area (Å²) in [6, 6.07) is 0. The number of carbonyl (C=O) groups is 1. The summed E-state index contributed by atoms with van der Waals surface area (Å²) in [7, 11) is 1.25. The molecule has 18 heavy (non-hydrogen) atoms. The van der Waals surface area contributed by atoms with Crippen LogP contribution in [0.2, 0.25) is 0 Å². The fraction of sp³-hybridized carbons (Fsp3) is 0.273. The molecule has 0 aliphatic rings. The van der Waals surface area contributed by atoms with E-state index in [1.165, 1.54) is 20.2 Å². The summed E-state index contributed by atoms with van der Waals surface area (Å²) in [5.74, 6) is 4.55. The third-order valence-electron chi connectivity index (χ3n) is 2.20. The van der Waals surface area contributed by atoms with E-state index in [0.717, 1.165) is 0 Å². The molecule has 1 heterocycles. The lowest BCUT2D eigenvalue weighted by atomic mass is 10.1. The molecule has 0 saturated carbocycles. The Hall–Kier alpha value is -2.62. The van der Waals surface area contributed by atoms with Crippen LogP contribution < -0.4 is 5.73 Å². The Balaban J connectivity index is 3.08. The van der Waals surface area contributed by atoms with Crippen molar-refractivity contribution in [3.05, 3.63) is 27.4 Å². The smallest absolute Gasteiger partial charge is 0.317 e. The van der Waals surface area contributed by atoms with E-state index in [9.17, 15) is 14.9 Å². The second kappa shape index (κ2) is 5.63. The molecule has 0 fully saturated rings. The first-order valence-electron chi connectivity index (χ1n) is 4.92. The predicted octanol–water partition coefficient (Wildman–Crippen LogP) is 0.795. The number of nitro groups is 1. The van der Waals surface area contributed by atoms with Crippen LogP contribution in [0.25, 0.3) is 0 Å². The van der Waals surface area contributed by atoms with Gasteiger partial charge in [0, 0.05) is 11.8 Å². The number of aromatic nitrogens is 1. The molecule has 0 aliphatic carbocycles. The van der Waals surface area contributed by atoms with E-state index in [4.69, 9.17) is 5.73 Å². The van der Waals surface area contributed by atoms with Gasteiger partial charge in [-0.05, 0) is 6.92 Å². The standard InChI is InChI=1S/C11H11N3O4/c1-7-8(4-3-5-9(15)18-2)6-13-11(12)10(7)14(16)17/h6H,5H2,1-2H3,(H2,12,13). The van der Waals surface area contributed by atoms with Gasteiger partial charge in [0.1, 0.15) is 6.42 Å². The molecular formula is C11H11N3O4. The highest BCUT2D eigenvalue weighted by Gasteiger charge is 2.18. The van der Waals surface area contributed by atoms with Crippen molar-refractivity contribution < 1.29 is 14.5 Å². The molecule has 7 heteroatoms. The molecule has 1 rings (SSSR count). The Morgan fingerprint density at radius 3 is 2.89 bits per heavy atom. The van der Waals surface area contributed by atoms with Gasteiger partial charge in [0.25, 0.3) is 0 Å². The van der Waals surface area contributed by atoms with Gasteiger partial charge in [-0.3, -0.25) is 14.9 Å². The molecule has 1 aromatic heterocycles. The molecule has 0 spiro atoms. The second-order valence-electron chi connectivity index (χ2n) is 3.34. The molecule has 1 aromatic rings. The largest absolute Gasteiger partial charge is 0.468 e. The Kier molecular flexibility index (Phi) is 4.21. The van der Waals surface area contributed by atoms with E-state index >= 15 is 0 Å². The Morgan fingerprint density at radius 2 is 2.33 bits per heavy atom. The van der Waals surface area contributed by atoms with Crippen molar-refractivity contribution in [1.29, 1.82) is 0 Å². The van der Waals surface area contributed by atoms with Crippen LogP contribution in [0, 0.1) is 28.9 Å². The predicted molar refractivity (Wildman–Crippen MR) is 63.6 cm³/mol. The molecule has 0 amide bonds. The van der Waals surface area contributed by atoms with E-state index < -0.39 is 10.9 Å². The minimum Gasteiger partial charge on any atom is -0.468 e. The fourth-order valence-corrected chi connectivity index (χ4v) is 1.25. The number of pyridine rings is 1. The Morgan fingerprint density at radius 1 is 1.67 bits per heavy atom. The zero-order valence-electron chi connectivity index (χ0n) is 9.89. The summed E-state index contributed by atoms with van der Waals surface area (Å²) < 4.78 is 4.41. The number of nitrogen functional groups attached to an aromatic ring is 1. The minimum absolute atomic E-state index is 0.0892. The monoisotopic (exact) mass is 249 g/mol. The number of hydrogen-bond donors (Lipinski definition) is 1. The molecule has 0 aliphatic heterocycles. The lowest BCUT2D eigenvalue weighted by molar-refractivity contribution is -0.384. The van der Waals surface area contributed by atoms with Gasteiger partial charge in [0.2, 0.25) is 5.82 Å². The summed E-state index contributed by atoms with van der Waals surface area (Å²) in [6.45, 7) is 1.53. The number of esters is 1. The first-order valence-corrected chi connectivity index (χ1v) is 4.92. The molecule has 0 saturated heterocycles. The molecular weight excluding hydrogens is 238 g/mol. The van der Waals surface area contributed by atoms with Crippen LogP contribution in [0.3, 0.4) is 0 Å². The Labute approximate surface area is 103 Å². The van der Waals surface area contributed by atoms with Crippen LogP contribution >= 0.6 is 0 Å². The topological polar surface area (TPSA) is 108 Å². The van der Waals surface area contributed by atoms with Gasteiger partial charge in [-0.25, -0.2) is 4.98 Å². The van der Waals surface area contributed by atoms with Crippen molar-refractivity contribution in [1.82, 2.24) is 4.98 Å². The third-order valence-corrected chi connectivity index (χ3v) is 2.20. The van der Waals surface area contributed by atoms with Crippen molar-refractivity contribution in [2.45, 2.75) is 13.3 Å². The number of hydrogen-bond acceptors (Lipinski definition) is 6. The number of ether oxygens (including phenoxy) is 1. The van der Waals surface area contributed by atoms with Gasteiger partial charge < -0.3 is 10.5 Å². The molecule has 0 aromatic carbocycles. The summed E-state index contributed by atoms with van der Waals surface area (Å²) in [5.41, 5.74) is 5.84. The zero-order chi connectivity index (χ0) is 13.7. The maximum atomic E-state index is 10.8. The molecule has 7 nitrogen and oxygen atoms in total. The van der Waals surface area contributed by atoms with Crippen molar-refractivity contribution in [3.8, 4) is 11.8 Å². The normalized spacial score (nSPS) is 9.22. The zero-order valence-corrected chi connectivity index (χ0v) is 9.89. The summed E-state index contributed by atoms with van der Waals surface area (Å²) in [5, 5.41) is 10.8. The average Bonchev–Trinajstić information content (AvgIpc) is 2.31. The van der Waals surface area contributed by atoms with E-state index in [1.54, 1.807) is 0 Å². The van der Waals surface area contributed by atoms with Crippen LogP contribution in [0.4, 0.5) is 11.5 Å². The van der Waals surface area contributed by atoms with Crippen molar-refractivity contribution in [2.75, 3.05) is 12.8 Å². The highest BCUT2D eigenvalue weighted by molar-refractivity contribution is 5.72. The minimum atomic E-state index is -0.608. The average molecular weight is 249 g/mol. The maximum absolute atomic E-state index is 10.8. The van der Waals surface area contributed by atoms with Gasteiger partial charge in [-0.2, -0.15) is 0 Å². The SMILES string of the molecule is COC(=O)CC#Cc1cnc(N)c([N+](=O)[O-])c1C. The van der Waals surface area contributed by atoms with Crippen molar-refractivity contribution in [2.24, 2.45) is 0 Å². The summed E-state index contributed by atoms with van der Waals surface area (Å²) >= 11 is 0. The van der Waals surface area contributed by atoms with Crippen LogP contribution in [-0.2, 0) is 9.53 Å². The lowest BCUT2D eigenvalue weighted by Gasteiger charge is -2.01. The van der Waals surface area contributed by atoms with Crippen LogP contribution in [0.15, 0.2) is 6.20 Å². The van der Waals surface area contributed by atoms with Gasteiger partial charge in [-0.1, -0.05) is 11.8 Å². The van der Waals surface area contributed by atoms with E-state index in [2.05, 4.69) is 21.6 Å². The molecule has 0 radical (unpaired) electrons. The molecule has 94 valence electrons. The van der Waals surface area contributed by atoms with Crippen LogP contribution in [0.1, 0.15) is 17.5 Å². The molecule has 0 unspecified atom stereocenters. The highest BCUT2D eigenvalue weighted by atomic mass is 16.6. The van der Waals surface area contributed by atoms with Crippen LogP contribution in [0.5, 0.6) is 0 Å². The molecule has 0 atom stereocenters. The number of carbonyl (C=O) groups excluding carboxylic acids is 1.